The zero-order valence-corrected chi connectivity index (χ0v) is 19.3. The van der Waals surface area contributed by atoms with Gasteiger partial charge in [0.15, 0.2) is 23.2 Å². The van der Waals surface area contributed by atoms with Gasteiger partial charge in [0, 0.05) is 11.3 Å². The van der Waals surface area contributed by atoms with E-state index in [1.165, 1.54) is 18.4 Å². The average Bonchev–Trinajstić information content (AvgIpc) is 3.07. The topological polar surface area (TPSA) is 103 Å². The van der Waals surface area contributed by atoms with Crippen molar-refractivity contribution < 1.29 is 19.1 Å². The van der Waals surface area contributed by atoms with Crippen LogP contribution in [0.3, 0.4) is 0 Å². The molecule has 0 saturated heterocycles. The fourth-order valence-corrected chi connectivity index (χ4v) is 4.60. The summed E-state index contributed by atoms with van der Waals surface area (Å²) in [5.41, 5.74) is 7.88. The van der Waals surface area contributed by atoms with Crippen molar-refractivity contribution in [1.82, 2.24) is 5.32 Å². The molecular formula is C23H23N3O4S2. The van der Waals surface area contributed by atoms with Crippen molar-refractivity contribution >= 4 is 45.5 Å². The number of anilines is 1. The number of hydrogen-bond acceptors (Lipinski definition) is 6. The number of rotatable bonds is 8. The Hall–Kier alpha value is -3.43. The van der Waals surface area contributed by atoms with Gasteiger partial charge in [-0.05, 0) is 42.4 Å². The molecule has 2 aromatic carbocycles. The summed E-state index contributed by atoms with van der Waals surface area (Å²) in [5, 5.41) is 6.03. The summed E-state index contributed by atoms with van der Waals surface area (Å²) in [6, 6.07) is 16.9. The normalized spacial score (nSPS) is 10.3. The molecule has 4 N–H and O–H groups in total. The number of methoxy groups -OCH3 is 1. The lowest BCUT2D eigenvalue weighted by molar-refractivity contribution is -0.121. The van der Waals surface area contributed by atoms with Gasteiger partial charge in [-0.1, -0.05) is 42.5 Å². The monoisotopic (exact) mass is 469 g/mol. The lowest BCUT2D eigenvalue weighted by atomic mass is 10.1. The molecule has 2 amide bonds. The first-order chi connectivity index (χ1) is 15.4. The molecule has 3 aromatic rings. The third-order valence-electron chi connectivity index (χ3n) is 4.61. The lowest BCUT2D eigenvalue weighted by Gasteiger charge is -2.12. The number of para-hydroxylation sites is 2. The Balaban J connectivity index is 1.65. The van der Waals surface area contributed by atoms with Crippen molar-refractivity contribution in [2.24, 2.45) is 5.73 Å². The number of ether oxygens (including phenoxy) is 2. The molecule has 0 aliphatic carbocycles. The number of nitrogens with two attached hydrogens (primary N) is 1. The molecule has 166 valence electrons. The van der Waals surface area contributed by atoms with Crippen LogP contribution >= 0.6 is 23.6 Å². The van der Waals surface area contributed by atoms with Crippen molar-refractivity contribution in [3.05, 3.63) is 76.2 Å². The van der Waals surface area contributed by atoms with E-state index in [0.717, 1.165) is 16.0 Å². The Morgan fingerprint density at radius 3 is 2.38 bits per heavy atom. The first-order valence-electron chi connectivity index (χ1n) is 9.71. The maximum Gasteiger partial charge on any atom is 0.264 e. The quantitative estimate of drug-likeness (QED) is 0.435. The predicted octanol–water partition coefficient (Wildman–Crippen LogP) is 3.65. The molecule has 0 spiro atoms. The first kappa shape index (κ1) is 23.2. The first-order valence-corrected chi connectivity index (χ1v) is 10.9. The second kappa shape index (κ2) is 10.7. The summed E-state index contributed by atoms with van der Waals surface area (Å²) in [7, 11) is 1.52. The van der Waals surface area contributed by atoms with E-state index in [1.807, 2.05) is 37.3 Å². The fourth-order valence-electron chi connectivity index (χ4n) is 3.07. The van der Waals surface area contributed by atoms with Crippen molar-refractivity contribution in [3.8, 4) is 11.5 Å². The Morgan fingerprint density at radius 2 is 1.72 bits per heavy atom. The minimum atomic E-state index is -0.561. The van der Waals surface area contributed by atoms with Gasteiger partial charge in [0.25, 0.3) is 11.8 Å². The van der Waals surface area contributed by atoms with Gasteiger partial charge in [-0.2, -0.15) is 0 Å². The number of benzene rings is 2. The van der Waals surface area contributed by atoms with Crippen LogP contribution < -0.4 is 25.8 Å². The Bertz CT molecular complexity index is 1130. The van der Waals surface area contributed by atoms with Gasteiger partial charge in [-0.15, -0.1) is 11.3 Å². The number of carbonyl (C=O) groups is 2. The van der Waals surface area contributed by atoms with Gasteiger partial charge in [-0.25, -0.2) is 0 Å². The predicted molar refractivity (Wildman–Crippen MR) is 130 cm³/mol. The standard InChI is InChI=1S/C23H23N3O4S2/c1-14-18(12-15-8-4-3-5-9-15)32-22(20(14)21(24)28)26-23(31)25-19(27)13-30-17-11-7-6-10-16(17)29-2/h3-11H,12-13H2,1-2H3,(H2,24,28)(H2,25,26,27,31). The summed E-state index contributed by atoms with van der Waals surface area (Å²) in [4.78, 5) is 25.3. The summed E-state index contributed by atoms with van der Waals surface area (Å²) in [5.74, 6) is -0.0485. The van der Waals surface area contributed by atoms with Gasteiger partial charge < -0.3 is 20.5 Å². The number of primary amides is 1. The van der Waals surface area contributed by atoms with E-state index in [-0.39, 0.29) is 11.7 Å². The van der Waals surface area contributed by atoms with Crippen molar-refractivity contribution in [1.29, 1.82) is 0 Å². The zero-order chi connectivity index (χ0) is 23.1. The Morgan fingerprint density at radius 1 is 1.06 bits per heavy atom. The molecule has 1 heterocycles. The van der Waals surface area contributed by atoms with Crippen LogP contribution in [0.1, 0.15) is 26.4 Å². The van der Waals surface area contributed by atoms with E-state index in [9.17, 15) is 9.59 Å². The second-order valence-electron chi connectivity index (χ2n) is 6.82. The molecule has 9 heteroatoms. The van der Waals surface area contributed by atoms with Crippen LogP contribution in [-0.4, -0.2) is 30.6 Å². The molecule has 3 rings (SSSR count). The fraction of sp³-hybridized carbons (Fsp3) is 0.174. The maximum atomic E-state index is 12.3. The highest BCUT2D eigenvalue weighted by Gasteiger charge is 2.20. The Labute approximate surface area is 195 Å². The van der Waals surface area contributed by atoms with Crippen LogP contribution in [0.4, 0.5) is 5.00 Å². The molecule has 32 heavy (non-hydrogen) atoms. The molecule has 0 bridgehead atoms. The molecule has 0 radical (unpaired) electrons. The summed E-state index contributed by atoms with van der Waals surface area (Å²) >= 11 is 6.63. The third kappa shape index (κ3) is 5.83. The van der Waals surface area contributed by atoms with Crippen molar-refractivity contribution in [3.63, 3.8) is 0 Å². The van der Waals surface area contributed by atoms with E-state index in [1.54, 1.807) is 24.3 Å². The molecule has 0 atom stereocenters. The highest BCUT2D eigenvalue weighted by Crippen LogP contribution is 2.34. The summed E-state index contributed by atoms with van der Waals surface area (Å²) in [6.07, 6.45) is 0.658. The molecule has 0 saturated carbocycles. The highest BCUT2D eigenvalue weighted by atomic mass is 32.1. The maximum absolute atomic E-state index is 12.3. The van der Waals surface area contributed by atoms with Gasteiger partial charge in [0.2, 0.25) is 0 Å². The van der Waals surface area contributed by atoms with Crippen LogP contribution in [0.25, 0.3) is 0 Å². The molecule has 0 aliphatic rings. The average molecular weight is 470 g/mol. The zero-order valence-electron chi connectivity index (χ0n) is 17.6. The number of thiocarbonyl (C=S) groups is 1. The van der Waals surface area contributed by atoms with E-state index < -0.39 is 11.8 Å². The minimum Gasteiger partial charge on any atom is -0.493 e. The number of thiophene rings is 1. The van der Waals surface area contributed by atoms with Crippen LogP contribution in [0.2, 0.25) is 0 Å². The van der Waals surface area contributed by atoms with E-state index in [4.69, 9.17) is 27.4 Å². The smallest absolute Gasteiger partial charge is 0.264 e. The van der Waals surface area contributed by atoms with Crippen LogP contribution in [-0.2, 0) is 11.2 Å². The van der Waals surface area contributed by atoms with Gasteiger partial charge in [0.05, 0.1) is 12.7 Å². The molecule has 0 unspecified atom stereocenters. The second-order valence-corrected chi connectivity index (χ2v) is 8.34. The summed E-state index contributed by atoms with van der Waals surface area (Å²) in [6.45, 7) is 1.59. The minimum absolute atomic E-state index is 0.0497. The van der Waals surface area contributed by atoms with E-state index in [2.05, 4.69) is 10.6 Å². The lowest BCUT2D eigenvalue weighted by Crippen LogP contribution is -2.37. The van der Waals surface area contributed by atoms with Crippen LogP contribution in [0.15, 0.2) is 54.6 Å². The highest BCUT2D eigenvalue weighted by molar-refractivity contribution is 7.80. The molecule has 1 aromatic heterocycles. The van der Waals surface area contributed by atoms with E-state index >= 15 is 0 Å². The van der Waals surface area contributed by atoms with Crippen LogP contribution in [0, 0.1) is 6.92 Å². The molecular weight excluding hydrogens is 446 g/mol. The van der Waals surface area contributed by atoms with Gasteiger partial charge in [-0.3, -0.25) is 14.9 Å². The Kier molecular flexibility index (Phi) is 7.80. The van der Waals surface area contributed by atoms with Crippen molar-refractivity contribution in [2.75, 3.05) is 19.0 Å². The SMILES string of the molecule is COc1ccccc1OCC(=O)NC(=S)Nc1sc(Cc2ccccc2)c(C)c1C(N)=O. The summed E-state index contributed by atoms with van der Waals surface area (Å²) < 4.78 is 10.7. The molecule has 7 nitrogen and oxygen atoms in total. The largest absolute Gasteiger partial charge is 0.493 e. The van der Waals surface area contributed by atoms with Crippen molar-refractivity contribution in [2.45, 2.75) is 13.3 Å². The molecule has 0 fully saturated rings. The number of hydrogen-bond donors (Lipinski definition) is 3. The number of carbonyl (C=O) groups excluding carboxylic acids is 2. The van der Waals surface area contributed by atoms with Gasteiger partial charge in [0.1, 0.15) is 5.00 Å². The van der Waals surface area contributed by atoms with E-state index in [0.29, 0.717) is 28.5 Å². The number of amides is 2. The van der Waals surface area contributed by atoms with Gasteiger partial charge >= 0.3 is 0 Å². The van der Waals surface area contributed by atoms with Crippen LogP contribution in [0.5, 0.6) is 11.5 Å². The third-order valence-corrected chi connectivity index (χ3v) is 6.02. The molecule has 0 aliphatic heterocycles. The number of nitrogens with one attached hydrogen (secondary N) is 2.